The number of halogens is 17. The predicted molar refractivity (Wildman–Crippen MR) is 129 cm³/mol. The molecular formula is C29H4AlF17. The first-order chi connectivity index (χ1) is 21.9. The van der Waals surface area contributed by atoms with E-state index in [1.165, 1.54) is 0 Å². The maximum Gasteiger partial charge on any atom is 0.400 e. The van der Waals surface area contributed by atoms with E-state index in [2.05, 4.69) is 0 Å². The van der Waals surface area contributed by atoms with Gasteiger partial charge in [-0.15, -0.1) is 0 Å². The minimum Gasteiger partial charge on any atom is -0.206 e. The summed E-state index contributed by atoms with van der Waals surface area (Å²) in [6, 6.07) is 1.06. The van der Waals surface area contributed by atoms with Gasteiger partial charge in [0.25, 0.3) is 0 Å². The third-order valence-corrected chi connectivity index (χ3v) is 11.0. The number of benzene rings is 5. The number of hydrogen-bond donors (Lipinski definition) is 0. The van der Waals surface area contributed by atoms with Gasteiger partial charge in [0, 0.05) is 16.7 Å². The Morgan fingerprint density at radius 1 is 0.383 bits per heavy atom. The molecule has 0 amide bonds. The lowest BCUT2D eigenvalue weighted by atomic mass is 10.0. The van der Waals surface area contributed by atoms with Crippen molar-refractivity contribution in [1.82, 2.24) is 0 Å². The van der Waals surface area contributed by atoms with Gasteiger partial charge in [-0.1, -0.05) is 21.0 Å². The van der Waals surface area contributed by atoms with Crippen LogP contribution in [0.1, 0.15) is 11.1 Å². The summed E-state index contributed by atoms with van der Waals surface area (Å²) >= 11 is -5.62. The zero-order valence-electron chi connectivity index (χ0n) is 21.8. The molecule has 0 spiro atoms. The van der Waals surface area contributed by atoms with E-state index in [1.54, 1.807) is 0 Å². The van der Waals surface area contributed by atoms with E-state index in [9.17, 15) is 43.9 Å². The summed E-state index contributed by atoms with van der Waals surface area (Å²) in [4.78, 5) is 0. The molecule has 5 aromatic rings. The van der Waals surface area contributed by atoms with Gasteiger partial charge in [0.1, 0.15) is 5.82 Å². The molecule has 0 saturated carbocycles. The molecular weight excluding hydrogens is 698 g/mol. The number of rotatable bonds is 3. The van der Waals surface area contributed by atoms with Crippen molar-refractivity contribution in [1.29, 1.82) is 0 Å². The highest BCUT2D eigenvalue weighted by molar-refractivity contribution is 6.97. The first-order valence-electron chi connectivity index (χ1n) is 12.4. The molecule has 18 heteroatoms. The van der Waals surface area contributed by atoms with Crippen LogP contribution in [-0.2, 0) is 5.92 Å². The third-order valence-electron chi connectivity index (χ3n) is 7.69. The first kappa shape index (κ1) is 32.6. The fourth-order valence-electron chi connectivity index (χ4n) is 5.74. The SMILES string of the molecule is Fc1ccc2[c]([Al]([c]3c(F)c(F)c(F)c(F)c3F)[c]3c(F)c(F)c(F)c4c3C(F)(F)c3c(F)c(F)c(F)c(F)c3-4)ccc(F)c2c1F. The first-order valence-corrected chi connectivity index (χ1v) is 14.1. The van der Waals surface area contributed by atoms with E-state index in [-0.39, 0.29) is 12.1 Å². The highest BCUT2D eigenvalue weighted by atomic mass is 27.2. The van der Waals surface area contributed by atoms with Crippen LogP contribution < -0.4 is 13.3 Å². The van der Waals surface area contributed by atoms with Gasteiger partial charge in [-0.3, -0.25) is 0 Å². The monoisotopic (exact) mass is 702 g/mol. The number of alkyl halides is 2. The molecule has 0 bridgehead atoms. The van der Waals surface area contributed by atoms with Crippen LogP contribution in [0.15, 0.2) is 24.3 Å². The Hall–Kier alpha value is -4.30. The van der Waals surface area contributed by atoms with Crippen molar-refractivity contribution in [3.63, 3.8) is 0 Å². The number of fused-ring (bicyclic) bond motifs is 4. The van der Waals surface area contributed by atoms with Crippen molar-refractivity contribution in [2.24, 2.45) is 0 Å². The van der Waals surface area contributed by atoms with Gasteiger partial charge in [0.05, 0.1) is 10.9 Å². The Bertz CT molecular complexity index is 2220. The van der Waals surface area contributed by atoms with Gasteiger partial charge >= 0.3 is 20.1 Å². The third kappa shape index (κ3) is 4.16. The van der Waals surface area contributed by atoms with Crippen molar-refractivity contribution < 1.29 is 74.6 Å². The van der Waals surface area contributed by atoms with Gasteiger partial charge in [0.15, 0.2) is 81.4 Å². The summed E-state index contributed by atoms with van der Waals surface area (Å²) in [7, 11) is 0. The van der Waals surface area contributed by atoms with Crippen LogP contribution in [0.4, 0.5) is 74.6 Å². The average molecular weight is 702 g/mol. The van der Waals surface area contributed by atoms with Gasteiger partial charge in [-0.05, 0) is 21.9 Å². The maximum absolute atomic E-state index is 16.1. The van der Waals surface area contributed by atoms with Crippen LogP contribution in [0, 0.1) is 87.3 Å². The van der Waals surface area contributed by atoms with Crippen LogP contribution in [-0.4, -0.2) is 14.1 Å². The standard InChI is InChI=1S/C13F9.C10H4F3.C6F5.Al/c14-3-1-2-4(8(16)7(3)15)5-6(13(2,21)22)10(18)12(20)11(19)9(5)17;11-7-3-1-2-6-4-5-8(12)10(13)9(6)7;7-2-1-3(8)5(10)6(11)4(2)9;/h;1,3-5H;;. The molecule has 0 aliphatic heterocycles. The molecule has 0 aromatic heterocycles. The van der Waals surface area contributed by atoms with Crippen LogP contribution in [0.25, 0.3) is 21.9 Å². The second kappa shape index (κ2) is 10.6. The molecule has 1 aliphatic carbocycles. The smallest absolute Gasteiger partial charge is 0.206 e. The summed E-state index contributed by atoms with van der Waals surface area (Å²) < 4.78 is 248. The molecule has 0 unspecified atom stereocenters. The Balaban J connectivity index is 1.90. The molecule has 5 aromatic carbocycles. The van der Waals surface area contributed by atoms with Gasteiger partial charge < -0.3 is 0 Å². The molecule has 0 radical (unpaired) electrons. The second-order valence-electron chi connectivity index (χ2n) is 10.0. The molecule has 0 atom stereocenters. The largest absolute Gasteiger partial charge is 0.400 e. The topological polar surface area (TPSA) is 0 Å². The molecule has 0 fully saturated rings. The molecule has 0 saturated heterocycles. The van der Waals surface area contributed by atoms with E-state index >= 15 is 30.7 Å². The Labute approximate surface area is 252 Å². The quantitative estimate of drug-likeness (QED) is 0.0789. The summed E-state index contributed by atoms with van der Waals surface area (Å²) in [6.07, 6.45) is 0. The molecule has 6 rings (SSSR count). The molecule has 47 heavy (non-hydrogen) atoms. The Morgan fingerprint density at radius 2 is 0.809 bits per heavy atom. The van der Waals surface area contributed by atoms with Crippen LogP contribution in [0.3, 0.4) is 0 Å². The molecule has 1 aliphatic rings. The molecule has 0 heterocycles. The summed E-state index contributed by atoms with van der Waals surface area (Å²) in [5.74, 6) is -45.4. The lowest BCUT2D eigenvalue weighted by Gasteiger charge is -2.24. The van der Waals surface area contributed by atoms with E-state index in [0.29, 0.717) is 12.1 Å². The normalized spacial score (nSPS) is 13.4. The van der Waals surface area contributed by atoms with Crippen molar-refractivity contribution >= 4 is 38.2 Å². The van der Waals surface area contributed by atoms with Crippen LogP contribution in [0.2, 0.25) is 0 Å². The maximum atomic E-state index is 16.1. The van der Waals surface area contributed by atoms with Crippen molar-refractivity contribution in [2.75, 3.05) is 0 Å². The highest BCUT2D eigenvalue weighted by Gasteiger charge is 2.56. The summed E-state index contributed by atoms with van der Waals surface area (Å²) in [6.45, 7) is 0. The van der Waals surface area contributed by atoms with Gasteiger partial charge in [-0.2, -0.15) is 8.78 Å². The van der Waals surface area contributed by atoms with Crippen molar-refractivity contribution in [2.45, 2.75) is 5.92 Å². The van der Waals surface area contributed by atoms with Crippen molar-refractivity contribution in [3.05, 3.63) is 123 Å². The van der Waals surface area contributed by atoms with Crippen LogP contribution >= 0.6 is 0 Å². The molecule has 0 nitrogen and oxygen atoms in total. The van der Waals surface area contributed by atoms with Crippen LogP contribution in [0.5, 0.6) is 0 Å². The van der Waals surface area contributed by atoms with Gasteiger partial charge in [0.2, 0.25) is 0 Å². The minimum atomic E-state index is -5.62. The zero-order chi connectivity index (χ0) is 34.8. The fraction of sp³-hybridized carbons (Fsp3) is 0.0345. The number of hydrogen-bond acceptors (Lipinski definition) is 0. The summed E-state index contributed by atoms with van der Waals surface area (Å²) in [5, 5.41) is -2.56. The van der Waals surface area contributed by atoms with E-state index < -0.39 is 154 Å². The summed E-state index contributed by atoms with van der Waals surface area (Å²) in [5.41, 5.74) is -9.51. The Morgan fingerprint density at radius 3 is 1.38 bits per heavy atom. The zero-order valence-corrected chi connectivity index (χ0v) is 23.0. The lowest BCUT2D eigenvalue weighted by molar-refractivity contribution is 0.0435. The minimum absolute atomic E-state index is 0.154. The highest BCUT2D eigenvalue weighted by Crippen LogP contribution is 2.54. The van der Waals surface area contributed by atoms with E-state index in [0.717, 1.165) is 0 Å². The molecule has 0 N–H and O–H groups in total. The average Bonchev–Trinajstić information content (AvgIpc) is 3.28. The fourth-order valence-corrected chi connectivity index (χ4v) is 9.25. The Kier molecular flexibility index (Phi) is 7.37. The second-order valence-corrected chi connectivity index (χ2v) is 12.7. The molecule has 242 valence electrons. The lowest BCUT2D eigenvalue weighted by Crippen LogP contribution is -2.59. The van der Waals surface area contributed by atoms with Crippen molar-refractivity contribution in [3.8, 4) is 11.1 Å². The van der Waals surface area contributed by atoms with E-state index in [1.807, 2.05) is 0 Å². The van der Waals surface area contributed by atoms with Gasteiger partial charge in [-0.25, -0.2) is 65.9 Å². The van der Waals surface area contributed by atoms with E-state index in [4.69, 9.17) is 0 Å². The predicted octanol–water partition coefficient (Wildman–Crippen LogP) is 7.56.